The lowest BCUT2D eigenvalue weighted by Crippen LogP contribution is -2.41. The number of halogens is 1. The number of alkyl halides is 1. The molecule has 1 N–H and O–H groups in total. The molecule has 0 heterocycles. The van der Waals surface area contributed by atoms with E-state index in [-0.39, 0.29) is 17.8 Å². The second kappa shape index (κ2) is 10.8. The van der Waals surface area contributed by atoms with E-state index in [1.54, 1.807) is 18.2 Å². The van der Waals surface area contributed by atoms with Crippen LogP contribution in [0, 0.1) is 0 Å². The van der Waals surface area contributed by atoms with Crippen molar-refractivity contribution in [3.8, 4) is 5.75 Å². The molecule has 0 aromatic heterocycles. The number of nitrogens with zero attached hydrogens (tertiary/aromatic N) is 1. The summed E-state index contributed by atoms with van der Waals surface area (Å²) in [4.78, 5) is 0. The Balaban J connectivity index is 2.07. The summed E-state index contributed by atoms with van der Waals surface area (Å²) in [5.41, 5.74) is 2.42. The van der Waals surface area contributed by atoms with Gasteiger partial charge in [0.15, 0.2) is 0 Å². The van der Waals surface area contributed by atoms with Crippen LogP contribution in [0.5, 0.6) is 5.75 Å². The highest BCUT2D eigenvalue weighted by molar-refractivity contribution is 7.88. The van der Waals surface area contributed by atoms with Crippen LogP contribution in [0.3, 0.4) is 0 Å². The van der Waals surface area contributed by atoms with Crippen LogP contribution in [0.4, 0.5) is 0 Å². The van der Waals surface area contributed by atoms with Gasteiger partial charge in [-0.25, -0.2) is 8.42 Å². The summed E-state index contributed by atoms with van der Waals surface area (Å²) in [7, 11) is -0.429. The summed E-state index contributed by atoms with van der Waals surface area (Å²) in [5.74, 6) is 0.322. The minimum atomic E-state index is -3.79. The van der Waals surface area contributed by atoms with E-state index in [2.05, 4.69) is 5.32 Å². The normalized spacial score (nSPS) is 13.7. The summed E-state index contributed by atoms with van der Waals surface area (Å²) < 4.78 is 34.0. The lowest BCUT2D eigenvalue weighted by Gasteiger charge is -2.36. The van der Waals surface area contributed by atoms with Crippen LogP contribution in [0.25, 0.3) is 0 Å². The van der Waals surface area contributed by atoms with Gasteiger partial charge in [0, 0.05) is 5.56 Å². The van der Waals surface area contributed by atoms with E-state index >= 15 is 0 Å². The zero-order valence-corrected chi connectivity index (χ0v) is 19.2. The molecule has 5 nitrogen and oxygen atoms in total. The molecule has 2 atom stereocenters. The Labute approximate surface area is 189 Å². The molecule has 0 radical (unpaired) electrons. The topological polar surface area (TPSA) is 58.6 Å². The molecular weight excluding hydrogens is 432 g/mol. The quantitative estimate of drug-likeness (QED) is 0.352. The first-order valence-corrected chi connectivity index (χ1v) is 12.1. The molecular formula is C24H27ClN2O3S. The maximum absolute atomic E-state index is 13.6. The van der Waals surface area contributed by atoms with Gasteiger partial charge in [0.05, 0.1) is 31.0 Å². The first kappa shape index (κ1) is 23.3. The first-order chi connectivity index (χ1) is 15.0. The number of rotatable bonds is 10. The molecule has 0 saturated heterocycles. The van der Waals surface area contributed by atoms with Crippen LogP contribution in [-0.2, 0) is 15.8 Å². The molecule has 3 aromatic rings. The van der Waals surface area contributed by atoms with Crippen molar-refractivity contribution in [1.29, 1.82) is 0 Å². The van der Waals surface area contributed by atoms with Gasteiger partial charge in [0.25, 0.3) is 0 Å². The standard InChI is InChI=1S/C24H27ClN2O3S/c1-26-23(19-11-5-3-6-12-19)24(20-13-7-4-8-14-20)27(18-25)31(28,29)17-21-15-9-10-16-22(21)30-2/h3-16,23-24,26H,17-18H2,1-2H3. The minimum absolute atomic E-state index is 0.179. The summed E-state index contributed by atoms with van der Waals surface area (Å²) in [6, 6.07) is 25.5. The van der Waals surface area contributed by atoms with Crippen LogP contribution in [0.2, 0.25) is 0 Å². The van der Waals surface area contributed by atoms with Gasteiger partial charge in [-0.2, -0.15) is 4.31 Å². The largest absolute Gasteiger partial charge is 0.496 e. The van der Waals surface area contributed by atoms with Gasteiger partial charge in [-0.3, -0.25) is 0 Å². The monoisotopic (exact) mass is 458 g/mol. The summed E-state index contributed by atoms with van der Waals surface area (Å²) in [6.07, 6.45) is 0. The first-order valence-electron chi connectivity index (χ1n) is 9.96. The third-order valence-electron chi connectivity index (χ3n) is 5.24. The van der Waals surface area contributed by atoms with Gasteiger partial charge >= 0.3 is 0 Å². The average molecular weight is 459 g/mol. The van der Waals surface area contributed by atoms with E-state index < -0.39 is 16.1 Å². The van der Waals surface area contributed by atoms with Crippen molar-refractivity contribution in [2.45, 2.75) is 17.8 Å². The van der Waals surface area contributed by atoms with Gasteiger partial charge < -0.3 is 10.1 Å². The predicted molar refractivity (Wildman–Crippen MR) is 126 cm³/mol. The molecule has 31 heavy (non-hydrogen) atoms. The summed E-state index contributed by atoms with van der Waals surface area (Å²) >= 11 is 6.31. The average Bonchev–Trinajstić information content (AvgIpc) is 2.80. The zero-order chi connectivity index (χ0) is 22.3. The Hall–Kier alpha value is -2.38. The van der Waals surface area contributed by atoms with Crippen molar-refractivity contribution >= 4 is 21.6 Å². The third kappa shape index (κ3) is 5.46. The fourth-order valence-electron chi connectivity index (χ4n) is 3.77. The number of ether oxygens (including phenoxy) is 1. The Kier molecular flexibility index (Phi) is 8.09. The molecule has 0 fully saturated rings. The third-order valence-corrected chi connectivity index (χ3v) is 7.39. The number of para-hydroxylation sites is 1. The van der Waals surface area contributed by atoms with Crippen molar-refractivity contribution in [1.82, 2.24) is 9.62 Å². The number of hydrogen-bond donors (Lipinski definition) is 1. The predicted octanol–water partition coefficient (Wildman–Crippen LogP) is 4.73. The Morgan fingerprint density at radius 2 is 1.45 bits per heavy atom. The van der Waals surface area contributed by atoms with E-state index in [0.717, 1.165) is 11.1 Å². The highest BCUT2D eigenvalue weighted by Gasteiger charge is 2.36. The van der Waals surface area contributed by atoms with Gasteiger partial charge in [-0.05, 0) is 24.2 Å². The Bertz CT molecular complexity index is 1060. The van der Waals surface area contributed by atoms with Crippen LogP contribution in [0.1, 0.15) is 28.8 Å². The second-order valence-electron chi connectivity index (χ2n) is 7.11. The van der Waals surface area contributed by atoms with E-state index in [1.165, 1.54) is 11.4 Å². The summed E-state index contributed by atoms with van der Waals surface area (Å²) in [5, 5.41) is 3.30. The lowest BCUT2D eigenvalue weighted by atomic mass is 9.93. The number of nitrogens with one attached hydrogen (secondary N) is 1. The van der Waals surface area contributed by atoms with Gasteiger partial charge in [0.1, 0.15) is 5.75 Å². The van der Waals surface area contributed by atoms with E-state index in [4.69, 9.17) is 16.3 Å². The molecule has 3 rings (SSSR count). The maximum Gasteiger partial charge on any atom is 0.220 e. The van der Waals surface area contributed by atoms with Crippen molar-refractivity contribution < 1.29 is 13.2 Å². The molecule has 0 aliphatic heterocycles. The van der Waals surface area contributed by atoms with E-state index in [0.29, 0.717) is 11.3 Å². The lowest BCUT2D eigenvalue weighted by molar-refractivity contribution is 0.291. The Morgan fingerprint density at radius 1 is 0.903 bits per heavy atom. The van der Waals surface area contributed by atoms with Crippen molar-refractivity contribution in [3.63, 3.8) is 0 Å². The molecule has 2 unspecified atom stereocenters. The Morgan fingerprint density at radius 3 is 2.00 bits per heavy atom. The highest BCUT2D eigenvalue weighted by atomic mass is 35.5. The molecule has 0 aliphatic rings. The van der Waals surface area contributed by atoms with Gasteiger partial charge in [-0.1, -0.05) is 78.9 Å². The maximum atomic E-state index is 13.6. The van der Waals surface area contributed by atoms with Crippen LogP contribution in [0.15, 0.2) is 84.9 Å². The van der Waals surface area contributed by atoms with E-state index in [9.17, 15) is 8.42 Å². The van der Waals surface area contributed by atoms with Crippen molar-refractivity contribution in [2.75, 3.05) is 20.2 Å². The number of benzene rings is 3. The molecule has 0 bridgehead atoms. The molecule has 0 spiro atoms. The number of methoxy groups -OCH3 is 1. The molecule has 0 amide bonds. The SMILES string of the molecule is CNC(c1ccccc1)C(c1ccccc1)N(CCl)S(=O)(=O)Cc1ccccc1OC. The van der Waals surface area contributed by atoms with Gasteiger partial charge in [-0.15, -0.1) is 11.6 Å². The van der Waals surface area contributed by atoms with E-state index in [1.807, 2.05) is 73.8 Å². The number of likely N-dealkylation sites (N-methyl/N-ethyl adjacent to an activating group) is 1. The van der Waals surface area contributed by atoms with Crippen molar-refractivity contribution in [3.05, 3.63) is 102 Å². The second-order valence-corrected chi connectivity index (χ2v) is 9.27. The van der Waals surface area contributed by atoms with Crippen LogP contribution < -0.4 is 10.1 Å². The summed E-state index contributed by atoms with van der Waals surface area (Å²) in [6.45, 7) is 0. The number of hydrogen-bond acceptors (Lipinski definition) is 4. The van der Waals surface area contributed by atoms with Crippen LogP contribution in [-0.4, -0.2) is 32.9 Å². The van der Waals surface area contributed by atoms with Gasteiger partial charge in [0.2, 0.25) is 10.0 Å². The zero-order valence-electron chi connectivity index (χ0n) is 17.6. The smallest absolute Gasteiger partial charge is 0.220 e. The van der Waals surface area contributed by atoms with Crippen molar-refractivity contribution in [2.24, 2.45) is 0 Å². The highest BCUT2D eigenvalue weighted by Crippen LogP contribution is 2.37. The fraction of sp³-hybridized carbons (Fsp3) is 0.250. The minimum Gasteiger partial charge on any atom is -0.496 e. The number of sulfonamides is 1. The molecule has 0 saturated carbocycles. The van der Waals surface area contributed by atoms with Crippen LogP contribution >= 0.6 is 11.6 Å². The molecule has 7 heteroatoms. The molecule has 164 valence electrons. The molecule has 0 aliphatic carbocycles. The fourth-order valence-corrected chi connectivity index (χ4v) is 5.90. The molecule has 3 aromatic carbocycles.